The lowest BCUT2D eigenvalue weighted by atomic mass is 9.97. The van der Waals surface area contributed by atoms with Crippen molar-refractivity contribution in [2.75, 3.05) is 11.9 Å². The van der Waals surface area contributed by atoms with Gasteiger partial charge in [-0.3, -0.25) is 14.9 Å². The summed E-state index contributed by atoms with van der Waals surface area (Å²) in [5.74, 6) is -0.0410. The van der Waals surface area contributed by atoms with Crippen molar-refractivity contribution in [1.82, 2.24) is 9.88 Å². The van der Waals surface area contributed by atoms with Crippen LogP contribution in [0.3, 0.4) is 0 Å². The molecule has 0 unspecified atom stereocenters. The predicted molar refractivity (Wildman–Crippen MR) is 105 cm³/mol. The molecule has 0 aliphatic carbocycles. The van der Waals surface area contributed by atoms with Gasteiger partial charge in [0.15, 0.2) is 10.9 Å². The van der Waals surface area contributed by atoms with Crippen molar-refractivity contribution in [3.05, 3.63) is 57.1 Å². The third kappa shape index (κ3) is 3.68. The zero-order chi connectivity index (χ0) is 18.8. The van der Waals surface area contributed by atoms with Gasteiger partial charge in [0.25, 0.3) is 5.91 Å². The fourth-order valence-corrected chi connectivity index (χ4v) is 5.04. The van der Waals surface area contributed by atoms with Gasteiger partial charge < -0.3 is 9.32 Å². The average Bonchev–Trinajstić information content (AvgIpc) is 3.42. The molecule has 0 radical (unpaired) electrons. The Morgan fingerprint density at radius 1 is 1.37 bits per heavy atom. The van der Waals surface area contributed by atoms with Crippen molar-refractivity contribution >= 4 is 39.6 Å². The summed E-state index contributed by atoms with van der Waals surface area (Å²) in [6.07, 6.45) is 3.50. The number of hydrogen-bond acceptors (Lipinski definition) is 6. The lowest BCUT2D eigenvalue weighted by Gasteiger charge is -2.35. The van der Waals surface area contributed by atoms with Crippen LogP contribution >= 0.6 is 22.7 Å². The van der Waals surface area contributed by atoms with E-state index < -0.39 is 0 Å². The number of carbonyl (C=O) groups is 2. The Bertz CT molecular complexity index is 945. The molecule has 2 amide bonds. The molecule has 0 fully saturated rings. The Kier molecular flexibility index (Phi) is 5.09. The van der Waals surface area contributed by atoms with Crippen LogP contribution < -0.4 is 5.32 Å². The van der Waals surface area contributed by atoms with Crippen molar-refractivity contribution in [2.24, 2.45) is 0 Å². The van der Waals surface area contributed by atoms with Gasteiger partial charge in [-0.05, 0) is 42.0 Å². The second-order valence-electron chi connectivity index (χ2n) is 6.31. The summed E-state index contributed by atoms with van der Waals surface area (Å²) in [4.78, 5) is 32.6. The van der Waals surface area contributed by atoms with Crippen LogP contribution in [0.5, 0.6) is 0 Å². The first-order chi connectivity index (χ1) is 13.2. The van der Waals surface area contributed by atoms with Crippen LogP contribution in [0.25, 0.3) is 0 Å². The summed E-state index contributed by atoms with van der Waals surface area (Å²) in [5.41, 5.74) is 1.96. The maximum atomic E-state index is 12.9. The van der Waals surface area contributed by atoms with Gasteiger partial charge in [-0.1, -0.05) is 6.92 Å². The van der Waals surface area contributed by atoms with Gasteiger partial charge in [0, 0.05) is 16.8 Å². The van der Waals surface area contributed by atoms with Gasteiger partial charge in [0.05, 0.1) is 24.4 Å². The van der Waals surface area contributed by atoms with Crippen LogP contribution in [-0.4, -0.2) is 28.2 Å². The maximum Gasteiger partial charge on any atom is 0.293 e. The van der Waals surface area contributed by atoms with Gasteiger partial charge in [-0.25, -0.2) is 4.98 Å². The molecular weight excluding hydrogens is 382 g/mol. The van der Waals surface area contributed by atoms with E-state index in [4.69, 9.17) is 4.42 Å². The Balaban J connectivity index is 1.41. The Hall–Kier alpha value is -2.45. The second-order valence-corrected chi connectivity index (χ2v) is 8.17. The number of amides is 2. The normalized spacial score (nSPS) is 16.2. The van der Waals surface area contributed by atoms with Crippen molar-refractivity contribution in [2.45, 2.75) is 32.2 Å². The molecule has 140 valence electrons. The molecule has 4 rings (SSSR count). The van der Waals surface area contributed by atoms with E-state index in [0.29, 0.717) is 10.8 Å². The lowest BCUT2D eigenvalue weighted by molar-refractivity contribution is -0.133. The molecule has 0 saturated heterocycles. The van der Waals surface area contributed by atoms with Crippen LogP contribution in [0.2, 0.25) is 0 Å². The van der Waals surface area contributed by atoms with E-state index in [0.717, 1.165) is 19.4 Å². The molecule has 1 atom stereocenters. The third-order valence-corrected chi connectivity index (χ3v) is 6.45. The van der Waals surface area contributed by atoms with E-state index in [1.807, 2.05) is 10.3 Å². The van der Waals surface area contributed by atoms with E-state index >= 15 is 0 Å². The molecule has 8 heteroatoms. The minimum absolute atomic E-state index is 0.0768. The summed E-state index contributed by atoms with van der Waals surface area (Å²) in [7, 11) is 0. The molecule has 4 heterocycles. The maximum absolute atomic E-state index is 12.9. The van der Waals surface area contributed by atoms with Gasteiger partial charge in [0.2, 0.25) is 5.91 Å². The smallest absolute Gasteiger partial charge is 0.293 e. The highest BCUT2D eigenvalue weighted by molar-refractivity contribution is 7.14. The molecule has 3 aromatic rings. The standard InChI is InChI=1S/C19H19N3O3S2/c1-2-14-13-6-9-26-16(13)5-7-22(14)17(23)10-12-11-27-19(20-12)21-18(24)15-4-3-8-25-15/h3-4,6,8-9,11,14H,2,5,7,10H2,1H3,(H,20,21,24)/t14-/m0/s1. The number of hydrogen-bond donors (Lipinski definition) is 1. The lowest BCUT2D eigenvalue weighted by Crippen LogP contribution is -2.40. The second kappa shape index (κ2) is 7.66. The van der Waals surface area contributed by atoms with Crippen molar-refractivity contribution < 1.29 is 14.0 Å². The summed E-state index contributed by atoms with van der Waals surface area (Å²) < 4.78 is 5.07. The fourth-order valence-electron chi connectivity index (χ4n) is 3.40. The molecule has 1 aliphatic rings. The number of nitrogens with zero attached hydrogens (tertiary/aromatic N) is 2. The van der Waals surface area contributed by atoms with Gasteiger partial charge >= 0.3 is 0 Å². The Morgan fingerprint density at radius 3 is 3.04 bits per heavy atom. The topological polar surface area (TPSA) is 75.4 Å². The highest BCUT2D eigenvalue weighted by Crippen LogP contribution is 2.35. The van der Waals surface area contributed by atoms with Gasteiger partial charge in [0.1, 0.15) is 0 Å². The van der Waals surface area contributed by atoms with Crippen LogP contribution in [0.1, 0.15) is 46.1 Å². The van der Waals surface area contributed by atoms with E-state index in [1.54, 1.807) is 23.5 Å². The number of thiazole rings is 1. The minimum atomic E-state index is -0.348. The van der Waals surface area contributed by atoms with Crippen molar-refractivity contribution in [3.63, 3.8) is 0 Å². The van der Waals surface area contributed by atoms with E-state index in [9.17, 15) is 9.59 Å². The summed E-state index contributed by atoms with van der Waals surface area (Å²) in [5, 5.41) is 7.08. The first kappa shape index (κ1) is 17.9. The molecular formula is C19H19N3O3S2. The van der Waals surface area contributed by atoms with E-state index in [2.05, 4.69) is 28.7 Å². The number of anilines is 1. The summed E-state index contributed by atoms with van der Waals surface area (Å²) >= 11 is 3.08. The van der Waals surface area contributed by atoms with Crippen molar-refractivity contribution in [3.8, 4) is 0 Å². The number of thiophene rings is 1. The van der Waals surface area contributed by atoms with Crippen molar-refractivity contribution in [1.29, 1.82) is 0 Å². The van der Waals surface area contributed by atoms with E-state index in [1.165, 1.54) is 28.0 Å². The molecule has 0 saturated carbocycles. The quantitative estimate of drug-likeness (QED) is 0.697. The number of carbonyl (C=O) groups excluding carboxylic acids is 2. The molecule has 1 aliphatic heterocycles. The predicted octanol–water partition coefficient (Wildman–Crippen LogP) is 4.13. The summed E-state index contributed by atoms with van der Waals surface area (Å²) in [6.45, 7) is 2.86. The van der Waals surface area contributed by atoms with Crippen LogP contribution in [0.15, 0.2) is 39.6 Å². The van der Waals surface area contributed by atoms with Crippen LogP contribution in [0, 0.1) is 0 Å². The molecule has 0 spiro atoms. The number of nitrogens with one attached hydrogen (secondary N) is 1. The zero-order valence-electron chi connectivity index (χ0n) is 14.8. The van der Waals surface area contributed by atoms with E-state index in [-0.39, 0.29) is 30.0 Å². The molecule has 27 heavy (non-hydrogen) atoms. The van der Waals surface area contributed by atoms with Crippen LogP contribution in [-0.2, 0) is 17.6 Å². The first-order valence-corrected chi connectivity index (χ1v) is 10.6. The number of rotatable bonds is 5. The highest BCUT2D eigenvalue weighted by atomic mass is 32.1. The van der Waals surface area contributed by atoms with Crippen LogP contribution in [0.4, 0.5) is 5.13 Å². The Morgan fingerprint density at radius 2 is 2.26 bits per heavy atom. The molecule has 3 aromatic heterocycles. The highest BCUT2D eigenvalue weighted by Gasteiger charge is 2.30. The number of furan rings is 1. The third-order valence-electron chi connectivity index (χ3n) is 4.65. The molecule has 0 aromatic carbocycles. The Labute approximate surface area is 164 Å². The monoisotopic (exact) mass is 401 g/mol. The largest absolute Gasteiger partial charge is 0.459 e. The van der Waals surface area contributed by atoms with Gasteiger partial charge in [-0.15, -0.1) is 22.7 Å². The zero-order valence-corrected chi connectivity index (χ0v) is 16.4. The summed E-state index contributed by atoms with van der Waals surface area (Å²) in [6, 6.07) is 5.53. The number of fused-ring (bicyclic) bond motifs is 1. The number of aromatic nitrogens is 1. The molecule has 6 nitrogen and oxygen atoms in total. The minimum Gasteiger partial charge on any atom is -0.459 e. The van der Waals surface area contributed by atoms with Gasteiger partial charge in [-0.2, -0.15) is 0 Å². The fraction of sp³-hybridized carbons (Fsp3) is 0.316. The average molecular weight is 402 g/mol. The SMILES string of the molecule is CC[C@H]1c2ccsc2CCN1C(=O)Cc1csc(NC(=O)c2ccco2)n1. The molecule has 0 bridgehead atoms. The molecule has 1 N–H and O–H groups in total. The first-order valence-electron chi connectivity index (χ1n) is 8.80.